The maximum Gasteiger partial charge on any atom is 0.407 e. The normalized spacial score (nSPS) is 13.2. The molecular formula is C22H18N8O3S. The molecule has 0 aliphatic carbocycles. The summed E-state index contributed by atoms with van der Waals surface area (Å²) in [4.78, 5) is 38.6. The van der Waals surface area contributed by atoms with E-state index >= 15 is 0 Å². The maximum atomic E-state index is 12.8. The quantitative estimate of drug-likeness (QED) is 0.265. The van der Waals surface area contributed by atoms with E-state index < -0.39 is 6.09 Å². The van der Waals surface area contributed by atoms with Gasteiger partial charge in [0.1, 0.15) is 0 Å². The number of carbonyl (C=O) groups is 2. The van der Waals surface area contributed by atoms with E-state index in [1.165, 1.54) is 16.2 Å². The van der Waals surface area contributed by atoms with Crippen molar-refractivity contribution in [2.24, 2.45) is 0 Å². The fourth-order valence-corrected chi connectivity index (χ4v) is 4.96. The van der Waals surface area contributed by atoms with Gasteiger partial charge in [-0.3, -0.25) is 9.89 Å². The van der Waals surface area contributed by atoms with Crippen LogP contribution in [0.15, 0.2) is 42.6 Å². The zero-order valence-corrected chi connectivity index (χ0v) is 18.4. The average Bonchev–Trinajstić information content (AvgIpc) is 3.54. The Balaban J connectivity index is 1.19. The summed E-state index contributed by atoms with van der Waals surface area (Å²) < 4.78 is 0. The Morgan fingerprint density at radius 1 is 1.12 bits per heavy atom. The molecule has 0 radical (unpaired) electrons. The van der Waals surface area contributed by atoms with Gasteiger partial charge in [0.15, 0.2) is 5.13 Å². The second kappa shape index (κ2) is 7.85. The number of anilines is 3. The van der Waals surface area contributed by atoms with E-state index in [1.807, 2.05) is 18.2 Å². The zero-order valence-electron chi connectivity index (χ0n) is 17.6. The first-order chi connectivity index (χ1) is 16.5. The van der Waals surface area contributed by atoms with Crippen LogP contribution in [0, 0.1) is 0 Å². The first-order valence-corrected chi connectivity index (χ1v) is 11.3. The lowest BCUT2D eigenvalue weighted by Crippen LogP contribution is -2.34. The molecule has 6 rings (SSSR count). The van der Waals surface area contributed by atoms with Crippen LogP contribution < -0.4 is 10.6 Å². The van der Waals surface area contributed by atoms with Gasteiger partial charge in [0.05, 0.1) is 35.0 Å². The minimum Gasteiger partial charge on any atom is -0.465 e. The van der Waals surface area contributed by atoms with Gasteiger partial charge in [-0.1, -0.05) is 11.3 Å². The highest BCUT2D eigenvalue weighted by molar-refractivity contribution is 7.15. The maximum absolute atomic E-state index is 12.8. The van der Waals surface area contributed by atoms with Gasteiger partial charge >= 0.3 is 6.09 Å². The second-order valence-corrected chi connectivity index (χ2v) is 9.00. The molecule has 0 atom stereocenters. The van der Waals surface area contributed by atoms with Crippen LogP contribution in [-0.2, 0) is 13.0 Å². The Bertz CT molecular complexity index is 1570. The standard InChI is InChI=1S/C22H18N8O3S/c31-19(24-13-3-1-12-9-23-29-16(12)8-13)11-2-4-14-17(7-11)26-20(25-14)28-21-27-15-5-6-30(22(32)33)10-18(15)34-21/h1-4,7-9H,5-6,10H2,(H,23,29)(H,24,31)(H,32,33)(H2,25,26,27,28). The van der Waals surface area contributed by atoms with Crippen molar-refractivity contribution < 1.29 is 14.7 Å². The molecule has 4 heterocycles. The lowest BCUT2D eigenvalue weighted by atomic mass is 10.1. The molecule has 0 spiro atoms. The molecule has 170 valence electrons. The number of carboxylic acid groups (broad SMARTS) is 1. The van der Waals surface area contributed by atoms with Gasteiger partial charge in [0, 0.05) is 34.5 Å². The Labute approximate surface area is 195 Å². The van der Waals surface area contributed by atoms with Crippen molar-refractivity contribution in [2.45, 2.75) is 13.0 Å². The second-order valence-electron chi connectivity index (χ2n) is 7.91. The number of carbonyl (C=O) groups excluding carboxylic acids is 1. The number of nitrogens with one attached hydrogen (secondary N) is 4. The third-order valence-corrected chi connectivity index (χ3v) is 6.67. The average molecular weight is 475 g/mol. The van der Waals surface area contributed by atoms with Crippen molar-refractivity contribution >= 4 is 62.0 Å². The molecule has 0 unspecified atom stereocenters. The molecule has 1 aliphatic rings. The molecule has 2 aromatic carbocycles. The van der Waals surface area contributed by atoms with E-state index in [9.17, 15) is 14.7 Å². The Morgan fingerprint density at radius 3 is 2.91 bits per heavy atom. The van der Waals surface area contributed by atoms with Gasteiger partial charge in [0.2, 0.25) is 5.95 Å². The molecular weight excluding hydrogens is 456 g/mol. The van der Waals surface area contributed by atoms with E-state index in [-0.39, 0.29) is 5.91 Å². The summed E-state index contributed by atoms with van der Waals surface area (Å²) in [6.07, 6.45) is 1.39. The Morgan fingerprint density at radius 2 is 2.03 bits per heavy atom. The van der Waals surface area contributed by atoms with Gasteiger partial charge in [-0.25, -0.2) is 14.8 Å². The SMILES string of the molecule is O=C(Nc1ccc2cn[nH]c2c1)c1ccc2nc(Nc3nc4c(s3)CN(C(=O)O)CC4)[nH]c2c1. The topological polar surface area (TPSA) is 152 Å². The number of hydrogen-bond donors (Lipinski definition) is 5. The van der Waals surface area contributed by atoms with Crippen molar-refractivity contribution in [3.63, 3.8) is 0 Å². The molecule has 1 aliphatic heterocycles. The van der Waals surface area contributed by atoms with Gasteiger partial charge < -0.3 is 25.6 Å². The molecule has 2 amide bonds. The summed E-state index contributed by atoms with van der Waals surface area (Å²) in [6, 6.07) is 10.8. The lowest BCUT2D eigenvalue weighted by molar-refractivity contribution is 0.102. The van der Waals surface area contributed by atoms with Crippen molar-refractivity contribution in [3.05, 3.63) is 58.7 Å². The van der Waals surface area contributed by atoms with Gasteiger partial charge in [-0.05, 0) is 36.4 Å². The van der Waals surface area contributed by atoms with Crippen LogP contribution in [0.25, 0.3) is 21.9 Å². The molecule has 3 aromatic heterocycles. The number of benzene rings is 2. The van der Waals surface area contributed by atoms with Gasteiger partial charge in [0.25, 0.3) is 5.91 Å². The van der Waals surface area contributed by atoms with E-state index in [4.69, 9.17) is 0 Å². The minimum absolute atomic E-state index is 0.236. The fraction of sp³-hybridized carbons (Fsp3) is 0.136. The first-order valence-electron chi connectivity index (χ1n) is 10.5. The van der Waals surface area contributed by atoms with Gasteiger partial charge in [-0.15, -0.1) is 0 Å². The number of imidazole rings is 1. The zero-order chi connectivity index (χ0) is 23.2. The number of H-pyrrole nitrogens is 2. The highest BCUT2D eigenvalue weighted by Gasteiger charge is 2.24. The van der Waals surface area contributed by atoms with Gasteiger partial charge in [-0.2, -0.15) is 5.10 Å². The first kappa shape index (κ1) is 20.2. The number of fused-ring (bicyclic) bond motifs is 3. The highest BCUT2D eigenvalue weighted by atomic mass is 32.1. The van der Waals surface area contributed by atoms with E-state index in [0.29, 0.717) is 52.9 Å². The van der Waals surface area contributed by atoms with E-state index in [0.717, 1.165) is 21.5 Å². The molecule has 34 heavy (non-hydrogen) atoms. The van der Waals surface area contributed by atoms with Crippen LogP contribution in [0.4, 0.5) is 21.6 Å². The smallest absolute Gasteiger partial charge is 0.407 e. The number of aromatic amines is 2. The van der Waals surface area contributed by atoms with Crippen LogP contribution in [0.5, 0.6) is 0 Å². The summed E-state index contributed by atoms with van der Waals surface area (Å²) in [7, 11) is 0. The van der Waals surface area contributed by atoms with Crippen molar-refractivity contribution in [2.75, 3.05) is 17.2 Å². The molecule has 5 aromatic rings. The third-order valence-electron chi connectivity index (χ3n) is 5.67. The van der Waals surface area contributed by atoms with E-state index in [1.54, 1.807) is 24.4 Å². The predicted molar refractivity (Wildman–Crippen MR) is 128 cm³/mol. The molecule has 0 bridgehead atoms. The van der Waals surface area contributed by atoms with Crippen molar-refractivity contribution in [3.8, 4) is 0 Å². The number of aromatic nitrogens is 5. The Kier molecular flexibility index (Phi) is 4.66. The molecule has 0 fully saturated rings. The molecule has 11 nitrogen and oxygen atoms in total. The largest absolute Gasteiger partial charge is 0.465 e. The van der Waals surface area contributed by atoms with Crippen LogP contribution in [-0.4, -0.2) is 53.7 Å². The summed E-state index contributed by atoms with van der Waals surface area (Å²) in [5, 5.41) is 23.8. The van der Waals surface area contributed by atoms with E-state index in [2.05, 4.69) is 35.8 Å². The monoisotopic (exact) mass is 474 g/mol. The summed E-state index contributed by atoms with van der Waals surface area (Å²) in [6.45, 7) is 0.784. The van der Waals surface area contributed by atoms with Crippen LogP contribution >= 0.6 is 11.3 Å². The fourth-order valence-electron chi connectivity index (χ4n) is 3.94. The molecule has 0 saturated heterocycles. The number of nitrogens with zero attached hydrogens (tertiary/aromatic N) is 4. The number of hydrogen-bond acceptors (Lipinski definition) is 7. The molecule has 0 saturated carbocycles. The highest BCUT2D eigenvalue weighted by Crippen LogP contribution is 2.30. The summed E-state index contributed by atoms with van der Waals surface area (Å²) >= 11 is 1.41. The minimum atomic E-state index is -0.924. The predicted octanol–water partition coefficient (Wildman–Crippen LogP) is 3.93. The van der Waals surface area contributed by atoms with Crippen molar-refractivity contribution in [1.29, 1.82) is 0 Å². The summed E-state index contributed by atoms with van der Waals surface area (Å²) in [5.74, 6) is 0.263. The van der Waals surface area contributed by atoms with Crippen LogP contribution in [0.2, 0.25) is 0 Å². The van der Waals surface area contributed by atoms with Crippen LogP contribution in [0.1, 0.15) is 20.9 Å². The number of thiazole rings is 1. The summed E-state index contributed by atoms with van der Waals surface area (Å²) in [5.41, 5.74) is 4.33. The van der Waals surface area contributed by atoms with Crippen molar-refractivity contribution in [1.82, 2.24) is 30.0 Å². The Hall–Kier alpha value is -4.45. The molecule has 12 heteroatoms. The number of rotatable bonds is 4. The number of amides is 2. The molecule has 5 N–H and O–H groups in total. The lowest BCUT2D eigenvalue weighted by Gasteiger charge is -2.22. The third kappa shape index (κ3) is 3.69. The van der Waals surface area contributed by atoms with Crippen LogP contribution in [0.3, 0.4) is 0 Å².